The Kier molecular flexibility index (Phi) is 4.31. The van der Waals surface area contributed by atoms with Gasteiger partial charge in [-0.25, -0.2) is 0 Å². The first-order chi connectivity index (χ1) is 12.7. The van der Waals surface area contributed by atoms with Crippen LogP contribution < -0.4 is 10.6 Å². The molecular formula is C20H18N4O2. The first-order valence-electron chi connectivity index (χ1n) is 8.60. The van der Waals surface area contributed by atoms with E-state index < -0.39 is 0 Å². The standard InChI is InChI=1S/C20H18N4O2/c25-19(24-16-6-7-17-18(11-16)22-9-8-21-17)12-23-20(26)15-5-4-13-2-1-3-14(13)10-15/h4-11H,1-3,12H2,(H,23,26)(H,24,25). The molecular weight excluding hydrogens is 328 g/mol. The van der Waals surface area contributed by atoms with Crippen LogP contribution in [-0.2, 0) is 17.6 Å². The molecule has 0 fully saturated rings. The second-order valence-corrected chi connectivity index (χ2v) is 6.33. The maximum Gasteiger partial charge on any atom is 0.251 e. The van der Waals surface area contributed by atoms with Gasteiger partial charge in [0, 0.05) is 23.6 Å². The molecule has 0 radical (unpaired) electrons. The number of carbonyl (C=O) groups is 2. The predicted octanol–water partition coefficient (Wildman–Crippen LogP) is 2.49. The number of anilines is 1. The minimum atomic E-state index is -0.289. The molecule has 0 bridgehead atoms. The third kappa shape index (κ3) is 3.39. The Hall–Kier alpha value is -3.28. The third-order valence-electron chi connectivity index (χ3n) is 4.52. The second-order valence-electron chi connectivity index (χ2n) is 6.33. The summed E-state index contributed by atoms with van der Waals surface area (Å²) < 4.78 is 0. The van der Waals surface area contributed by atoms with E-state index >= 15 is 0 Å². The van der Waals surface area contributed by atoms with Crippen LogP contribution in [-0.4, -0.2) is 28.3 Å². The first kappa shape index (κ1) is 16.2. The molecule has 6 heteroatoms. The number of rotatable bonds is 4. The monoisotopic (exact) mass is 346 g/mol. The van der Waals surface area contributed by atoms with Gasteiger partial charge in [-0.1, -0.05) is 6.07 Å². The summed E-state index contributed by atoms with van der Waals surface area (Å²) in [4.78, 5) is 32.8. The Labute approximate surface area is 150 Å². The zero-order chi connectivity index (χ0) is 17.9. The van der Waals surface area contributed by atoms with Crippen molar-refractivity contribution in [2.75, 3.05) is 11.9 Å². The highest BCUT2D eigenvalue weighted by Crippen LogP contribution is 2.22. The van der Waals surface area contributed by atoms with Gasteiger partial charge < -0.3 is 10.6 Å². The van der Waals surface area contributed by atoms with Gasteiger partial charge in [-0.2, -0.15) is 0 Å². The number of amides is 2. The van der Waals surface area contributed by atoms with Gasteiger partial charge in [-0.3, -0.25) is 19.6 Å². The molecule has 0 unspecified atom stereocenters. The second kappa shape index (κ2) is 6.92. The highest BCUT2D eigenvalue weighted by Gasteiger charge is 2.14. The van der Waals surface area contributed by atoms with Crippen molar-refractivity contribution in [3.8, 4) is 0 Å². The maximum absolute atomic E-state index is 12.3. The molecule has 3 aromatic rings. The average molecular weight is 346 g/mol. The Bertz CT molecular complexity index is 1000. The summed E-state index contributed by atoms with van der Waals surface area (Å²) in [6.45, 7) is -0.0889. The minimum absolute atomic E-state index is 0.0889. The molecule has 2 N–H and O–H groups in total. The molecule has 0 aliphatic heterocycles. The predicted molar refractivity (Wildman–Crippen MR) is 99.0 cm³/mol. The van der Waals surface area contributed by atoms with E-state index in [0.29, 0.717) is 16.8 Å². The summed E-state index contributed by atoms with van der Waals surface area (Å²) in [6.07, 6.45) is 6.45. The molecule has 1 aromatic heterocycles. The molecule has 1 aliphatic carbocycles. The fraction of sp³-hybridized carbons (Fsp3) is 0.200. The van der Waals surface area contributed by atoms with Crippen molar-refractivity contribution in [2.24, 2.45) is 0 Å². The van der Waals surface area contributed by atoms with Crippen LogP contribution in [0.3, 0.4) is 0 Å². The van der Waals surface area contributed by atoms with E-state index in [2.05, 4.69) is 20.6 Å². The lowest BCUT2D eigenvalue weighted by Gasteiger charge is -2.08. The molecule has 1 aliphatic rings. The van der Waals surface area contributed by atoms with Crippen LogP contribution >= 0.6 is 0 Å². The van der Waals surface area contributed by atoms with E-state index in [1.807, 2.05) is 18.2 Å². The van der Waals surface area contributed by atoms with E-state index in [-0.39, 0.29) is 18.4 Å². The lowest BCUT2D eigenvalue weighted by Crippen LogP contribution is -2.32. The number of nitrogens with one attached hydrogen (secondary N) is 2. The number of benzene rings is 2. The minimum Gasteiger partial charge on any atom is -0.343 e. The zero-order valence-electron chi connectivity index (χ0n) is 14.2. The molecule has 2 aromatic carbocycles. The lowest BCUT2D eigenvalue weighted by molar-refractivity contribution is -0.115. The molecule has 130 valence electrons. The average Bonchev–Trinajstić information content (AvgIpc) is 3.14. The van der Waals surface area contributed by atoms with E-state index in [4.69, 9.17) is 0 Å². The third-order valence-corrected chi connectivity index (χ3v) is 4.52. The van der Waals surface area contributed by atoms with Crippen molar-refractivity contribution < 1.29 is 9.59 Å². The van der Waals surface area contributed by atoms with Crippen LogP contribution in [0.4, 0.5) is 5.69 Å². The molecule has 4 rings (SSSR count). The molecule has 1 heterocycles. The molecule has 6 nitrogen and oxygen atoms in total. The van der Waals surface area contributed by atoms with Gasteiger partial charge in [-0.15, -0.1) is 0 Å². The lowest BCUT2D eigenvalue weighted by atomic mass is 10.1. The first-order valence-corrected chi connectivity index (χ1v) is 8.60. The van der Waals surface area contributed by atoms with Crippen molar-refractivity contribution in [1.29, 1.82) is 0 Å². The van der Waals surface area contributed by atoms with E-state index in [9.17, 15) is 9.59 Å². The molecule has 0 spiro atoms. The summed E-state index contributed by atoms with van der Waals surface area (Å²) in [5, 5.41) is 5.43. The smallest absolute Gasteiger partial charge is 0.251 e. The van der Waals surface area contributed by atoms with Crippen molar-refractivity contribution in [1.82, 2.24) is 15.3 Å². The fourth-order valence-electron chi connectivity index (χ4n) is 3.22. The van der Waals surface area contributed by atoms with Crippen molar-refractivity contribution in [3.63, 3.8) is 0 Å². The Balaban J connectivity index is 1.36. The van der Waals surface area contributed by atoms with Gasteiger partial charge in [0.1, 0.15) is 0 Å². The fourth-order valence-corrected chi connectivity index (χ4v) is 3.22. The van der Waals surface area contributed by atoms with Gasteiger partial charge >= 0.3 is 0 Å². The van der Waals surface area contributed by atoms with Gasteiger partial charge in [0.25, 0.3) is 5.91 Å². The number of carbonyl (C=O) groups excluding carboxylic acids is 2. The van der Waals surface area contributed by atoms with E-state index in [1.165, 1.54) is 11.1 Å². The normalized spacial score (nSPS) is 12.6. The molecule has 26 heavy (non-hydrogen) atoms. The Morgan fingerprint density at radius 2 is 1.73 bits per heavy atom. The number of hydrogen-bond acceptors (Lipinski definition) is 4. The van der Waals surface area contributed by atoms with Crippen LogP contribution in [0, 0.1) is 0 Å². The number of fused-ring (bicyclic) bond motifs is 2. The zero-order valence-corrected chi connectivity index (χ0v) is 14.2. The highest BCUT2D eigenvalue weighted by atomic mass is 16.2. The van der Waals surface area contributed by atoms with Gasteiger partial charge in [-0.05, 0) is 60.7 Å². The van der Waals surface area contributed by atoms with Crippen LogP contribution in [0.2, 0.25) is 0 Å². The van der Waals surface area contributed by atoms with Crippen molar-refractivity contribution in [2.45, 2.75) is 19.3 Å². The van der Waals surface area contributed by atoms with Crippen LogP contribution in [0.5, 0.6) is 0 Å². The molecule has 0 saturated heterocycles. The van der Waals surface area contributed by atoms with Crippen LogP contribution in [0.25, 0.3) is 11.0 Å². The number of hydrogen-bond donors (Lipinski definition) is 2. The highest BCUT2D eigenvalue weighted by molar-refractivity contribution is 6.00. The summed E-state index contributed by atoms with van der Waals surface area (Å²) in [7, 11) is 0. The number of nitrogens with zero attached hydrogens (tertiary/aromatic N) is 2. The summed E-state index contributed by atoms with van der Waals surface area (Å²) in [5.41, 5.74) is 5.23. The summed E-state index contributed by atoms with van der Waals surface area (Å²) >= 11 is 0. The molecule has 0 saturated carbocycles. The molecule has 0 atom stereocenters. The molecule has 2 amide bonds. The van der Waals surface area contributed by atoms with Crippen LogP contribution in [0.1, 0.15) is 27.9 Å². The largest absolute Gasteiger partial charge is 0.343 e. The van der Waals surface area contributed by atoms with E-state index in [1.54, 1.807) is 30.6 Å². The quantitative estimate of drug-likeness (QED) is 0.760. The SMILES string of the molecule is O=C(CNC(=O)c1ccc2c(c1)CCC2)Nc1ccc2nccnc2c1. The van der Waals surface area contributed by atoms with Gasteiger partial charge in [0.05, 0.1) is 17.6 Å². The van der Waals surface area contributed by atoms with Crippen LogP contribution in [0.15, 0.2) is 48.8 Å². The van der Waals surface area contributed by atoms with Crippen molar-refractivity contribution in [3.05, 3.63) is 65.5 Å². The van der Waals surface area contributed by atoms with E-state index in [0.717, 1.165) is 24.8 Å². The van der Waals surface area contributed by atoms with Crippen molar-refractivity contribution >= 4 is 28.5 Å². The Morgan fingerprint density at radius 1 is 0.923 bits per heavy atom. The number of aryl methyl sites for hydroxylation is 2. The summed E-state index contributed by atoms with van der Waals surface area (Å²) in [6, 6.07) is 11.1. The summed E-state index contributed by atoms with van der Waals surface area (Å²) in [5.74, 6) is -0.526. The number of aromatic nitrogens is 2. The Morgan fingerprint density at radius 3 is 2.62 bits per heavy atom. The topological polar surface area (TPSA) is 84.0 Å². The maximum atomic E-state index is 12.3. The van der Waals surface area contributed by atoms with Gasteiger partial charge in [0.2, 0.25) is 5.91 Å². The van der Waals surface area contributed by atoms with Gasteiger partial charge in [0.15, 0.2) is 0 Å².